The molecule has 0 aliphatic heterocycles. The molecule has 3 N–H and O–H groups in total. The van der Waals surface area contributed by atoms with E-state index in [2.05, 4.69) is 20.6 Å². The van der Waals surface area contributed by atoms with Gasteiger partial charge in [0.25, 0.3) is 11.5 Å². The van der Waals surface area contributed by atoms with Crippen LogP contribution in [0.15, 0.2) is 15.7 Å². The van der Waals surface area contributed by atoms with Crippen LogP contribution in [-0.4, -0.2) is 39.4 Å². The zero-order valence-electron chi connectivity index (χ0n) is 18.3. The average molecular weight is 418 g/mol. The van der Waals surface area contributed by atoms with Crippen molar-refractivity contribution in [1.29, 1.82) is 0 Å². The van der Waals surface area contributed by atoms with Crippen LogP contribution in [0.3, 0.4) is 0 Å². The second-order valence-corrected chi connectivity index (χ2v) is 8.07. The van der Waals surface area contributed by atoms with Crippen LogP contribution in [0.1, 0.15) is 69.4 Å². The molecule has 0 atom stereocenters. The summed E-state index contributed by atoms with van der Waals surface area (Å²) in [4.78, 5) is 56.5. The van der Waals surface area contributed by atoms with Gasteiger partial charge >= 0.3 is 5.69 Å². The van der Waals surface area contributed by atoms with Crippen molar-refractivity contribution in [2.45, 2.75) is 59.9 Å². The minimum Gasteiger partial charge on any atom is -0.356 e. The Morgan fingerprint density at radius 2 is 1.83 bits per heavy atom. The van der Waals surface area contributed by atoms with Crippen molar-refractivity contribution < 1.29 is 9.59 Å². The maximum Gasteiger partial charge on any atom is 0.330 e. The van der Waals surface area contributed by atoms with Crippen LogP contribution in [0, 0.1) is 5.92 Å². The summed E-state index contributed by atoms with van der Waals surface area (Å²) in [6.45, 7) is 10.8. The van der Waals surface area contributed by atoms with Crippen LogP contribution in [-0.2, 0) is 11.3 Å². The van der Waals surface area contributed by atoms with E-state index in [4.69, 9.17) is 0 Å². The molecule has 30 heavy (non-hydrogen) atoms. The van der Waals surface area contributed by atoms with Crippen molar-refractivity contribution in [3.8, 4) is 0 Å². The highest BCUT2D eigenvalue weighted by atomic mass is 16.2. The smallest absolute Gasteiger partial charge is 0.330 e. The summed E-state index contributed by atoms with van der Waals surface area (Å²) in [6.07, 6.45) is 0.972. The van der Waals surface area contributed by atoms with Gasteiger partial charge in [0.1, 0.15) is 0 Å². The molecule has 2 rings (SSSR count). The fourth-order valence-electron chi connectivity index (χ4n) is 3.04. The summed E-state index contributed by atoms with van der Waals surface area (Å²) in [6, 6.07) is 1.58. The number of carbonyl (C=O) groups is 2. The molecule has 0 spiro atoms. The van der Waals surface area contributed by atoms with Crippen molar-refractivity contribution in [2.75, 3.05) is 13.1 Å². The molecule has 0 saturated carbocycles. The number of carbonyl (C=O) groups excluding carboxylic acids is 2. The Morgan fingerprint density at radius 1 is 1.13 bits per heavy atom. The van der Waals surface area contributed by atoms with Crippen LogP contribution in [0.5, 0.6) is 0 Å². The standard InChI is InChI=1S/C21H31N5O4/c1-6-8-22-16(27)7-9-23-19(28)14-10-15(13(4)5)24-18-17(14)20(29)25-21(30)26(18)11-12(2)3/h10,12-13H,6-9,11H2,1-5H3,(H,22,27)(H,23,28)(H,25,29,30). The highest BCUT2D eigenvalue weighted by Crippen LogP contribution is 2.20. The van der Waals surface area contributed by atoms with Gasteiger partial charge < -0.3 is 10.6 Å². The minimum absolute atomic E-state index is 0.0114. The zero-order valence-corrected chi connectivity index (χ0v) is 18.3. The molecule has 164 valence electrons. The summed E-state index contributed by atoms with van der Waals surface area (Å²) >= 11 is 0. The Balaban J connectivity index is 2.48. The molecule has 0 saturated heterocycles. The number of hydrogen-bond acceptors (Lipinski definition) is 5. The summed E-state index contributed by atoms with van der Waals surface area (Å²) in [5.41, 5.74) is -0.237. The van der Waals surface area contributed by atoms with Crippen LogP contribution in [0.25, 0.3) is 11.0 Å². The first kappa shape index (κ1) is 23.3. The molecule has 2 heterocycles. The van der Waals surface area contributed by atoms with Crippen molar-refractivity contribution >= 4 is 22.8 Å². The predicted octanol–water partition coefficient (Wildman–Crippen LogP) is 1.51. The SMILES string of the molecule is CCCNC(=O)CCNC(=O)c1cc(C(C)C)nc2c1c(=O)[nH]c(=O)n2CC(C)C. The van der Waals surface area contributed by atoms with E-state index in [1.165, 1.54) is 4.57 Å². The summed E-state index contributed by atoms with van der Waals surface area (Å²) in [5, 5.41) is 5.52. The van der Waals surface area contributed by atoms with E-state index in [9.17, 15) is 19.2 Å². The Bertz CT molecular complexity index is 1040. The average Bonchev–Trinajstić information content (AvgIpc) is 2.68. The van der Waals surface area contributed by atoms with Crippen molar-refractivity contribution in [1.82, 2.24) is 25.2 Å². The summed E-state index contributed by atoms with van der Waals surface area (Å²) in [7, 11) is 0. The fraction of sp³-hybridized carbons (Fsp3) is 0.571. The molecule has 9 heteroatoms. The highest BCUT2D eigenvalue weighted by molar-refractivity contribution is 6.05. The molecule has 0 radical (unpaired) electrons. The maximum atomic E-state index is 12.9. The number of pyridine rings is 1. The van der Waals surface area contributed by atoms with Crippen molar-refractivity contribution in [3.05, 3.63) is 38.2 Å². The molecule has 0 aromatic carbocycles. The van der Waals surface area contributed by atoms with E-state index < -0.39 is 17.2 Å². The van der Waals surface area contributed by atoms with Gasteiger partial charge in [-0.25, -0.2) is 9.78 Å². The van der Waals surface area contributed by atoms with E-state index in [0.29, 0.717) is 18.8 Å². The topological polar surface area (TPSA) is 126 Å². The largest absolute Gasteiger partial charge is 0.356 e. The van der Waals surface area contributed by atoms with Crippen LogP contribution in [0.2, 0.25) is 0 Å². The number of nitrogens with zero attached hydrogens (tertiary/aromatic N) is 2. The molecule has 0 aliphatic rings. The monoisotopic (exact) mass is 417 g/mol. The molecular weight excluding hydrogens is 386 g/mol. The fourth-order valence-corrected chi connectivity index (χ4v) is 3.04. The van der Waals surface area contributed by atoms with Gasteiger partial charge in [0.2, 0.25) is 5.91 Å². The van der Waals surface area contributed by atoms with E-state index in [0.717, 1.165) is 6.42 Å². The lowest BCUT2D eigenvalue weighted by atomic mass is 10.0. The normalized spacial score (nSPS) is 11.3. The number of fused-ring (bicyclic) bond motifs is 1. The molecular formula is C21H31N5O4. The van der Waals surface area contributed by atoms with Crippen molar-refractivity contribution in [3.63, 3.8) is 0 Å². The zero-order chi connectivity index (χ0) is 22.4. The van der Waals surface area contributed by atoms with Gasteiger partial charge in [-0.3, -0.25) is 23.9 Å². The third kappa shape index (κ3) is 5.55. The Hall–Kier alpha value is -2.97. The molecule has 2 aromatic rings. The summed E-state index contributed by atoms with van der Waals surface area (Å²) in [5.74, 6) is -0.501. The Labute approximate surface area is 175 Å². The first-order valence-electron chi connectivity index (χ1n) is 10.4. The lowest BCUT2D eigenvalue weighted by Gasteiger charge is -2.16. The number of H-pyrrole nitrogens is 1. The third-order valence-corrected chi connectivity index (χ3v) is 4.56. The number of nitrogens with one attached hydrogen (secondary N) is 3. The van der Waals surface area contributed by atoms with Gasteiger partial charge in [-0.15, -0.1) is 0 Å². The number of aromatic amines is 1. The van der Waals surface area contributed by atoms with Gasteiger partial charge in [-0.2, -0.15) is 0 Å². The molecule has 2 aromatic heterocycles. The number of aromatic nitrogens is 3. The summed E-state index contributed by atoms with van der Waals surface area (Å²) < 4.78 is 1.41. The molecule has 0 unspecified atom stereocenters. The van der Waals surface area contributed by atoms with Gasteiger partial charge in [-0.1, -0.05) is 34.6 Å². The van der Waals surface area contributed by atoms with Crippen LogP contribution in [0.4, 0.5) is 0 Å². The number of hydrogen-bond donors (Lipinski definition) is 3. The van der Waals surface area contributed by atoms with Gasteiger partial charge in [0, 0.05) is 31.7 Å². The highest BCUT2D eigenvalue weighted by Gasteiger charge is 2.20. The van der Waals surface area contributed by atoms with E-state index in [1.54, 1.807) is 6.07 Å². The second-order valence-electron chi connectivity index (χ2n) is 8.07. The van der Waals surface area contributed by atoms with E-state index in [1.807, 2.05) is 34.6 Å². The minimum atomic E-state index is -0.649. The van der Waals surface area contributed by atoms with E-state index >= 15 is 0 Å². The molecule has 0 bridgehead atoms. The lowest BCUT2D eigenvalue weighted by molar-refractivity contribution is -0.120. The van der Waals surface area contributed by atoms with Crippen molar-refractivity contribution in [2.24, 2.45) is 5.92 Å². The van der Waals surface area contributed by atoms with Gasteiger partial charge in [-0.05, 0) is 24.3 Å². The van der Waals surface area contributed by atoms with Crippen LogP contribution < -0.4 is 21.9 Å². The third-order valence-electron chi connectivity index (χ3n) is 4.56. The van der Waals surface area contributed by atoms with Gasteiger partial charge in [0.15, 0.2) is 5.65 Å². The number of amides is 2. The van der Waals surface area contributed by atoms with Crippen LogP contribution >= 0.6 is 0 Å². The van der Waals surface area contributed by atoms with Gasteiger partial charge in [0.05, 0.1) is 10.9 Å². The quantitative estimate of drug-likeness (QED) is 0.570. The molecule has 0 fully saturated rings. The maximum absolute atomic E-state index is 12.9. The first-order valence-corrected chi connectivity index (χ1v) is 10.4. The predicted molar refractivity (Wildman–Crippen MR) is 116 cm³/mol. The molecule has 2 amide bonds. The first-order chi connectivity index (χ1) is 14.1. The molecule has 9 nitrogen and oxygen atoms in total. The Kier molecular flexibility index (Phi) is 7.91. The second kappa shape index (κ2) is 10.2. The Morgan fingerprint density at radius 3 is 2.43 bits per heavy atom. The molecule has 0 aliphatic carbocycles. The van der Waals surface area contributed by atoms with E-state index in [-0.39, 0.29) is 47.3 Å². The number of rotatable bonds is 9. The lowest BCUT2D eigenvalue weighted by Crippen LogP contribution is -2.35.